The maximum absolute atomic E-state index is 6.04. The van der Waals surface area contributed by atoms with Crippen LogP contribution in [0.3, 0.4) is 0 Å². The van der Waals surface area contributed by atoms with Gasteiger partial charge in [-0.05, 0) is 30.5 Å². The minimum atomic E-state index is 0.131. The van der Waals surface area contributed by atoms with Crippen LogP contribution in [0.25, 0.3) is 0 Å². The summed E-state index contributed by atoms with van der Waals surface area (Å²) in [5.74, 6) is 0.888. The van der Waals surface area contributed by atoms with Crippen LogP contribution >= 0.6 is 0 Å². The van der Waals surface area contributed by atoms with Gasteiger partial charge in [0.05, 0.1) is 19.8 Å². The van der Waals surface area contributed by atoms with E-state index in [1.54, 1.807) is 7.11 Å². The van der Waals surface area contributed by atoms with Crippen LogP contribution in [-0.4, -0.2) is 25.8 Å². The summed E-state index contributed by atoms with van der Waals surface area (Å²) >= 11 is 0. The maximum Gasteiger partial charge on any atom is 0.119 e. The Bertz CT molecular complexity index is 378. The summed E-state index contributed by atoms with van der Waals surface area (Å²) in [5.41, 5.74) is 1.35. The maximum atomic E-state index is 6.04. The monoisotopic (exact) mass is 249 g/mol. The molecule has 0 spiro atoms. The molecular formula is C15H23NO2. The highest BCUT2D eigenvalue weighted by Crippen LogP contribution is 2.28. The van der Waals surface area contributed by atoms with Crippen LogP contribution in [0, 0.1) is 0 Å². The number of morpholine rings is 1. The zero-order valence-electron chi connectivity index (χ0n) is 11.5. The first-order chi connectivity index (χ1) is 8.73. The van der Waals surface area contributed by atoms with Crippen molar-refractivity contribution in [2.45, 2.75) is 38.3 Å². The molecule has 1 saturated heterocycles. The molecule has 1 heterocycles. The van der Waals surface area contributed by atoms with E-state index in [0.717, 1.165) is 31.7 Å². The van der Waals surface area contributed by atoms with Gasteiger partial charge in [-0.2, -0.15) is 0 Å². The molecule has 1 atom stereocenters. The van der Waals surface area contributed by atoms with Gasteiger partial charge in [0, 0.05) is 12.1 Å². The molecule has 1 aromatic rings. The molecule has 100 valence electrons. The lowest BCUT2D eigenvalue weighted by Crippen LogP contribution is -2.54. The summed E-state index contributed by atoms with van der Waals surface area (Å²) in [6, 6.07) is 8.12. The lowest BCUT2D eigenvalue weighted by Gasteiger charge is -2.40. The molecule has 2 rings (SSSR count). The number of rotatable bonds is 4. The lowest BCUT2D eigenvalue weighted by molar-refractivity contribution is -0.0375. The van der Waals surface area contributed by atoms with Crippen LogP contribution in [0.2, 0.25) is 0 Å². The van der Waals surface area contributed by atoms with E-state index in [1.165, 1.54) is 5.56 Å². The van der Waals surface area contributed by atoms with Gasteiger partial charge in [-0.15, -0.1) is 0 Å². The van der Waals surface area contributed by atoms with E-state index in [0.29, 0.717) is 0 Å². The molecule has 0 bridgehead atoms. The van der Waals surface area contributed by atoms with Crippen molar-refractivity contribution in [2.24, 2.45) is 0 Å². The van der Waals surface area contributed by atoms with Crippen LogP contribution in [0.15, 0.2) is 24.3 Å². The molecule has 3 nitrogen and oxygen atoms in total. The third-order valence-electron chi connectivity index (χ3n) is 4.04. The van der Waals surface area contributed by atoms with E-state index >= 15 is 0 Å². The highest BCUT2D eigenvalue weighted by Gasteiger charge is 2.32. The van der Waals surface area contributed by atoms with Gasteiger partial charge in [0.25, 0.3) is 0 Å². The average molecular weight is 249 g/mol. The summed E-state index contributed by atoms with van der Waals surface area (Å²) in [7, 11) is 1.69. The first-order valence-electron chi connectivity index (χ1n) is 6.73. The Morgan fingerprint density at radius 1 is 1.39 bits per heavy atom. The highest BCUT2D eigenvalue weighted by molar-refractivity contribution is 5.30. The first kappa shape index (κ1) is 13.4. The predicted octanol–water partition coefficient (Wildman–Crippen LogP) is 2.91. The molecule has 3 heteroatoms. The number of hydrogen-bond donors (Lipinski definition) is 1. The number of nitrogens with one attached hydrogen (secondary N) is 1. The summed E-state index contributed by atoms with van der Waals surface area (Å²) < 4.78 is 11.3. The summed E-state index contributed by atoms with van der Waals surface area (Å²) in [5, 5.41) is 3.65. The van der Waals surface area contributed by atoms with E-state index in [4.69, 9.17) is 9.47 Å². The van der Waals surface area contributed by atoms with Crippen molar-refractivity contribution in [1.82, 2.24) is 5.32 Å². The molecule has 1 unspecified atom stereocenters. The third kappa shape index (κ3) is 2.68. The second-order valence-electron chi connectivity index (χ2n) is 4.94. The van der Waals surface area contributed by atoms with Gasteiger partial charge in [-0.3, -0.25) is 0 Å². The van der Waals surface area contributed by atoms with Crippen LogP contribution in [0.5, 0.6) is 5.75 Å². The fraction of sp³-hybridized carbons (Fsp3) is 0.600. The van der Waals surface area contributed by atoms with E-state index < -0.39 is 0 Å². The molecule has 1 N–H and O–H groups in total. The third-order valence-corrected chi connectivity index (χ3v) is 4.04. The van der Waals surface area contributed by atoms with E-state index in [9.17, 15) is 0 Å². The molecular weight excluding hydrogens is 226 g/mol. The zero-order valence-corrected chi connectivity index (χ0v) is 11.5. The second-order valence-corrected chi connectivity index (χ2v) is 4.94. The minimum absolute atomic E-state index is 0.131. The minimum Gasteiger partial charge on any atom is -0.497 e. The summed E-state index contributed by atoms with van der Waals surface area (Å²) in [6.07, 6.45) is 2.34. The Kier molecular flexibility index (Phi) is 4.25. The molecule has 0 amide bonds. The Hall–Kier alpha value is -1.06. The normalized spacial score (nSPS) is 22.7. The summed E-state index contributed by atoms with van der Waals surface area (Å²) in [6.45, 7) is 6.08. The Balaban J connectivity index is 2.04. The van der Waals surface area contributed by atoms with Crippen LogP contribution < -0.4 is 10.1 Å². The lowest BCUT2D eigenvalue weighted by atomic mass is 9.91. The second kappa shape index (κ2) is 5.72. The van der Waals surface area contributed by atoms with Crippen LogP contribution in [0.1, 0.15) is 38.4 Å². The molecule has 0 aliphatic carbocycles. The fourth-order valence-corrected chi connectivity index (χ4v) is 2.44. The Morgan fingerprint density at radius 3 is 2.72 bits per heavy atom. The van der Waals surface area contributed by atoms with Crippen LogP contribution in [-0.2, 0) is 4.74 Å². The van der Waals surface area contributed by atoms with Crippen molar-refractivity contribution in [3.8, 4) is 5.75 Å². The zero-order chi connectivity index (χ0) is 13.0. The first-order valence-corrected chi connectivity index (χ1v) is 6.73. The smallest absolute Gasteiger partial charge is 0.119 e. The number of benzene rings is 1. The molecule has 18 heavy (non-hydrogen) atoms. The Morgan fingerprint density at radius 2 is 2.17 bits per heavy atom. The van der Waals surface area contributed by atoms with Gasteiger partial charge in [-0.1, -0.05) is 26.0 Å². The van der Waals surface area contributed by atoms with Crippen molar-refractivity contribution < 1.29 is 9.47 Å². The van der Waals surface area contributed by atoms with Crippen LogP contribution in [0.4, 0.5) is 0 Å². The van der Waals surface area contributed by atoms with E-state index in [1.807, 2.05) is 12.1 Å². The molecule has 0 aromatic heterocycles. The van der Waals surface area contributed by atoms with Crippen molar-refractivity contribution in [2.75, 3.05) is 20.3 Å². The van der Waals surface area contributed by atoms with Gasteiger partial charge in [0.15, 0.2) is 0 Å². The number of ether oxygens (including phenoxy) is 2. The van der Waals surface area contributed by atoms with Gasteiger partial charge in [-0.25, -0.2) is 0 Å². The quantitative estimate of drug-likeness (QED) is 0.890. The van der Waals surface area contributed by atoms with Crippen molar-refractivity contribution in [3.05, 3.63) is 29.8 Å². The van der Waals surface area contributed by atoms with E-state index in [-0.39, 0.29) is 11.6 Å². The van der Waals surface area contributed by atoms with E-state index in [2.05, 4.69) is 31.3 Å². The standard InChI is InChI=1S/C15H23NO2/c1-4-15(5-2)11-18-14(10-16-15)12-7-6-8-13(9-12)17-3/h6-9,14,16H,4-5,10-11H2,1-3H3. The molecule has 1 aliphatic rings. The number of hydrogen-bond acceptors (Lipinski definition) is 3. The largest absolute Gasteiger partial charge is 0.497 e. The van der Waals surface area contributed by atoms with Crippen molar-refractivity contribution in [1.29, 1.82) is 0 Å². The van der Waals surface area contributed by atoms with Gasteiger partial charge >= 0.3 is 0 Å². The molecule has 1 aromatic carbocycles. The van der Waals surface area contributed by atoms with Crippen molar-refractivity contribution >= 4 is 0 Å². The predicted molar refractivity (Wildman–Crippen MR) is 73.0 cm³/mol. The number of methoxy groups -OCH3 is 1. The molecule has 0 radical (unpaired) electrons. The highest BCUT2D eigenvalue weighted by atomic mass is 16.5. The molecule has 1 fully saturated rings. The molecule has 0 saturated carbocycles. The Labute approximate surface area is 109 Å². The average Bonchev–Trinajstić information content (AvgIpc) is 2.47. The van der Waals surface area contributed by atoms with Crippen molar-refractivity contribution in [3.63, 3.8) is 0 Å². The van der Waals surface area contributed by atoms with Gasteiger partial charge in [0.1, 0.15) is 5.75 Å². The summed E-state index contributed by atoms with van der Waals surface area (Å²) in [4.78, 5) is 0. The van der Waals surface area contributed by atoms with Gasteiger partial charge in [0.2, 0.25) is 0 Å². The fourth-order valence-electron chi connectivity index (χ4n) is 2.44. The molecule has 1 aliphatic heterocycles. The van der Waals surface area contributed by atoms with Gasteiger partial charge < -0.3 is 14.8 Å². The topological polar surface area (TPSA) is 30.5 Å². The SMILES string of the molecule is CCC1(CC)COC(c2cccc(OC)c2)CN1.